The minimum absolute atomic E-state index is 0.0158. The first-order chi connectivity index (χ1) is 13.7. The molecule has 1 aromatic carbocycles. The molecule has 0 bridgehead atoms. The number of unbranched alkanes of at least 4 members (excludes halogenated alkanes) is 1. The van der Waals surface area contributed by atoms with E-state index in [0.29, 0.717) is 6.42 Å². The van der Waals surface area contributed by atoms with Crippen LogP contribution in [-0.2, 0) is 16.0 Å². The van der Waals surface area contributed by atoms with Gasteiger partial charge in [-0.3, -0.25) is 4.79 Å². The minimum atomic E-state index is -0.0962. The molecule has 1 aromatic rings. The summed E-state index contributed by atoms with van der Waals surface area (Å²) >= 11 is 0. The van der Waals surface area contributed by atoms with E-state index in [9.17, 15) is 4.79 Å². The number of hydrogen-bond acceptors (Lipinski definition) is 2. The molecule has 0 aliphatic rings. The second-order valence-electron chi connectivity index (χ2n) is 7.05. The van der Waals surface area contributed by atoms with Crippen LogP contribution in [0.1, 0.15) is 64.4 Å². The first kappa shape index (κ1) is 23.7. The average molecular weight is 381 g/mol. The van der Waals surface area contributed by atoms with Gasteiger partial charge in [0.25, 0.3) is 0 Å². The molecule has 1 rings (SSSR count). The Morgan fingerprint density at radius 2 is 1.36 bits per heavy atom. The normalized spacial score (nSPS) is 12.2. The van der Waals surface area contributed by atoms with Gasteiger partial charge in [0.2, 0.25) is 0 Å². The molecule has 0 aromatic heterocycles. The van der Waals surface area contributed by atoms with Crippen LogP contribution in [0.2, 0.25) is 0 Å². The molecule has 0 saturated carbocycles. The standard InChI is InChI=1S/C26H36O2/c1-24(2)28-26(27)23-19-14-12-10-8-6-4-3-5-7-9-11-13-16-20-25-21-17-15-18-22-25/h4-7,10-13,15,17-18,21-22,24H,3,8-9,14,16,19-20,23H2,1-2H3. The van der Waals surface area contributed by atoms with Crippen molar-refractivity contribution in [3.8, 4) is 0 Å². The fourth-order valence-electron chi connectivity index (χ4n) is 2.63. The van der Waals surface area contributed by atoms with E-state index in [2.05, 4.69) is 78.9 Å². The Morgan fingerprint density at radius 1 is 0.821 bits per heavy atom. The van der Waals surface area contributed by atoms with Gasteiger partial charge in [0.1, 0.15) is 0 Å². The van der Waals surface area contributed by atoms with Gasteiger partial charge in [0, 0.05) is 6.42 Å². The highest BCUT2D eigenvalue weighted by atomic mass is 16.5. The van der Waals surface area contributed by atoms with Crippen LogP contribution >= 0.6 is 0 Å². The van der Waals surface area contributed by atoms with E-state index in [1.165, 1.54) is 5.56 Å². The number of rotatable bonds is 14. The van der Waals surface area contributed by atoms with Crippen LogP contribution in [0.3, 0.4) is 0 Å². The third-order valence-electron chi connectivity index (χ3n) is 4.04. The topological polar surface area (TPSA) is 26.3 Å². The lowest BCUT2D eigenvalue weighted by atomic mass is 10.1. The smallest absolute Gasteiger partial charge is 0.306 e. The largest absolute Gasteiger partial charge is 0.463 e. The van der Waals surface area contributed by atoms with Crippen LogP contribution in [0.15, 0.2) is 78.9 Å². The number of ether oxygens (including phenoxy) is 1. The van der Waals surface area contributed by atoms with Gasteiger partial charge in [-0.1, -0.05) is 78.9 Å². The summed E-state index contributed by atoms with van der Waals surface area (Å²) in [7, 11) is 0. The molecule has 0 aliphatic carbocycles. The van der Waals surface area contributed by atoms with Crippen molar-refractivity contribution in [2.24, 2.45) is 0 Å². The highest BCUT2D eigenvalue weighted by Crippen LogP contribution is 2.04. The quantitative estimate of drug-likeness (QED) is 0.195. The minimum Gasteiger partial charge on any atom is -0.463 e. The van der Waals surface area contributed by atoms with Gasteiger partial charge in [-0.25, -0.2) is 0 Å². The van der Waals surface area contributed by atoms with Gasteiger partial charge in [0.15, 0.2) is 0 Å². The van der Waals surface area contributed by atoms with Gasteiger partial charge in [0.05, 0.1) is 6.10 Å². The van der Waals surface area contributed by atoms with Crippen LogP contribution in [-0.4, -0.2) is 12.1 Å². The van der Waals surface area contributed by atoms with Crippen LogP contribution in [0, 0.1) is 0 Å². The van der Waals surface area contributed by atoms with Crippen molar-refractivity contribution >= 4 is 5.97 Å². The Balaban J connectivity index is 1.95. The first-order valence-electron chi connectivity index (χ1n) is 10.5. The van der Waals surface area contributed by atoms with Gasteiger partial charge < -0.3 is 4.74 Å². The third-order valence-corrected chi connectivity index (χ3v) is 4.04. The predicted octanol–water partition coefficient (Wildman–Crippen LogP) is 7.14. The highest BCUT2D eigenvalue weighted by molar-refractivity contribution is 5.69. The van der Waals surface area contributed by atoms with Crippen molar-refractivity contribution in [3.05, 3.63) is 84.5 Å². The van der Waals surface area contributed by atoms with Crippen molar-refractivity contribution in [1.29, 1.82) is 0 Å². The number of carbonyl (C=O) groups is 1. The number of esters is 1. The molecule has 0 radical (unpaired) electrons. The maximum Gasteiger partial charge on any atom is 0.306 e. The van der Waals surface area contributed by atoms with Crippen molar-refractivity contribution in [3.63, 3.8) is 0 Å². The Morgan fingerprint density at radius 3 is 1.93 bits per heavy atom. The van der Waals surface area contributed by atoms with E-state index in [0.717, 1.165) is 44.9 Å². The summed E-state index contributed by atoms with van der Waals surface area (Å²) < 4.78 is 5.10. The maximum atomic E-state index is 11.4. The highest BCUT2D eigenvalue weighted by Gasteiger charge is 2.03. The van der Waals surface area contributed by atoms with Gasteiger partial charge >= 0.3 is 5.97 Å². The fraction of sp³-hybridized carbons (Fsp3) is 0.423. The van der Waals surface area contributed by atoms with E-state index in [4.69, 9.17) is 4.74 Å². The summed E-state index contributed by atoms with van der Waals surface area (Å²) in [6.07, 6.45) is 25.0. The molecule has 0 N–H and O–H groups in total. The van der Waals surface area contributed by atoms with E-state index in [1.807, 2.05) is 13.8 Å². The molecule has 0 spiro atoms. The molecule has 28 heavy (non-hydrogen) atoms. The van der Waals surface area contributed by atoms with Gasteiger partial charge in [-0.15, -0.1) is 0 Å². The van der Waals surface area contributed by atoms with Crippen LogP contribution < -0.4 is 0 Å². The summed E-state index contributed by atoms with van der Waals surface area (Å²) in [5.41, 5.74) is 1.40. The first-order valence-corrected chi connectivity index (χ1v) is 10.5. The Kier molecular flexibility index (Phi) is 14.2. The van der Waals surface area contributed by atoms with Gasteiger partial charge in [-0.2, -0.15) is 0 Å². The third kappa shape index (κ3) is 14.8. The van der Waals surface area contributed by atoms with Crippen molar-refractivity contribution < 1.29 is 9.53 Å². The molecule has 0 aliphatic heterocycles. The zero-order valence-electron chi connectivity index (χ0n) is 17.6. The summed E-state index contributed by atoms with van der Waals surface area (Å²) in [5.74, 6) is -0.0962. The molecule has 2 nitrogen and oxygen atoms in total. The number of hydrogen-bond donors (Lipinski definition) is 0. The molecular formula is C26H36O2. The molecule has 152 valence electrons. The van der Waals surface area contributed by atoms with Crippen molar-refractivity contribution in [2.45, 2.75) is 71.3 Å². The van der Waals surface area contributed by atoms with Gasteiger partial charge in [-0.05, 0) is 64.4 Å². The summed E-state index contributed by atoms with van der Waals surface area (Å²) in [6, 6.07) is 10.6. The average Bonchev–Trinajstić information content (AvgIpc) is 2.68. The van der Waals surface area contributed by atoms with E-state index in [-0.39, 0.29) is 12.1 Å². The number of benzene rings is 1. The van der Waals surface area contributed by atoms with Crippen LogP contribution in [0.5, 0.6) is 0 Å². The Bertz CT molecular complexity index is 621. The molecule has 0 atom stereocenters. The zero-order chi connectivity index (χ0) is 20.3. The lowest BCUT2D eigenvalue weighted by Crippen LogP contribution is -2.10. The molecule has 2 heteroatoms. The van der Waals surface area contributed by atoms with Crippen molar-refractivity contribution in [2.75, 3.05) is 0 Å². The Hall–Kier alpha value is -2.35. The van der Waals surface area contributed by atoms with Crippen LogP contribution in [0.25, 0.3) is 0 Å². The van der Waals surface area contributed by atoms with Crippen LogP contribution in [0.4, 0.5) is 0 Å². The van der Waals surface area contributed by atoms with E-state index in [1.54, 1.807) is 0 Å². The Labute approximate surface area is 171 Å². The van der Waals surface area contributed by atoms with Crippen molar-refractivity contribution in [1.82, 2.24) is 0 Å². The summed E-state index contributed by atoms with van der Waals surface area (Å²) in [5, 5.41) is 0. The number of carbonyl (C=O) groups excluding carboxylic acids is 1. The van der Waals surface area contributed by atoms with E-state index >= 15 is 0 Å². The monoisotopic (exact) mass is 380 g/mol. The SMILES string of the molecule is CC(C)OC(=O)CCCC=CCC=CCC=CCC=CCCc1ccccc1. The molecule has 0 fully saturated rings. The lowest BCUT2D eigenvalue weighted by molar-refractivity contribution is -0.147. The molecule has 0 saturated heterocycles. The molecule has 0 amide bonds. The van der Waals surface area contributed by atoms with E-state index < -0.39 is 0 Å². The lowest BCUT2D eigenvalue weighted by Gasteiger charge is -2.06. The maximum absolute atomic E-state index is 11.4. The predicted molar refractivity (Wildman–Crippen MR) is 120 cm³/mol. The molecular weight excluding hydrogens is 344 g/mol. The fourth-order valence-corrected chi connectivity index (χ4v) is 2.63. The molecule has 0 unspecified atom stereocenters. The number of allylic oxidation sites excluding steroid dienone is 8. The molecule has 0 heterocycles. The zero-order valence-corrected chi connectivity index (χ0v) is 17.6. The second-order valence-corrected chi connectivity index (χ2v) is 7.05. The summed E-state index contributed by atoms with van der Waals surface area (Å²) in [4.78, 5) is 11.4. The number of aryl methyl sites for hydroxylation is 1. The second kappa shape index (κ2) is 16.8. The summed E-state index contributed by atoms with van der Waals surface area (Å²) in [6.45, 7) is 3.76.